The largest absolute Gasteiger partial charge is 0.344 e. The Balaban J connectivity index is 1.85. The Hall–Kier alpha value is -1.63. The quantitative estimate of drug-likeness (QED) is 0.875. The second-order valence-electron chi connectivity index (χ2n) is 4.66. The van der Waals surface area contributed by atoms with Crippen LogP contribution in [0.15, 0.2) is 22.7 Å². The first-order valence-corrected chi connectivity index (χ1v) is 7.00. The van der Waals surface area contributed by atoms with Crippen LogP contribution in [-0.2, 0) is 11.3 Å². The number of urea groups is 1. The van der Waals surface area contributed by atoms with Gasteiger partial charge in [-0.1, -0.05) is 22.0 Å². The summed E-state index contributed by atoms with van der Waals surface area (Å²) in [6.07, 6.45) is 0.593. The Labute approximate surface area is 124 Å². The molecule has 1 aromatic carbocycles. The van der Waals surface area contributed by atoms with Crippen LogP contribution in [0.3, 0.4) is 0 Å². The number of benzene rings is 1. The second kappa shape index (κ2) is 6.21. The van der Waals surface area contributed by atoms with E-state index in [2.05, 4.69) is 26.6 Å². The first-order valence-electron chi connectivity index (χ1n) is 6.20. The minimum absolute atomic E-state index is 0.0711. The van der Waals surface area contributed by atoms with E-state index in [9.17, 15) is 14.0 Å². The maximum Gasteiger partial charge on any atom is 0.315 e. The molecule has 1 fully saturated rings. The predicted molar refractivity (Wildman–Crippen MR) is 75.5 cm³/mol. The molecule has 108 valence electrons. The summed E-state index contributed by atoms with van der Waals surface area (Å²) in [4.78, 5) is 24.9. The molecule has 0 spiro atoms. The highest BCUT2D eigenvalue weighted by Crippen LogP contribution is 2.15. The van der Waals surface area contributed by atoms with Crippen LogP contribution in [0.4, 0.5) is 9.18 Å². The number of hydrogen-bond donors (Lipinski definition) is 2. The lowest BCUT2D eigenvalue weighted by atomic mass is 10.2. The normalized spacial score (nSPS) is 18.2. The van der Waals surface area contributed by atoms with Crippen LogP contribution >= 0.6 is 15.9 Å². The fourth-order valence-corrected chi connectivity index (χ4v) is 2.34. The molecular weight excluding hydrogens is 329 g/mol. The van der Waals surface area contributed by atoms with Crippen molar-refractivity contribution < 1.29 is 14.0 Å². The highest BCUT2D eigenvalue weighted by molar-refractivity contribution is 9.10. The monoisotopic (exact) mass is 343 g/mol. The van der Waals surface area contributed by atoms with Crippen molar-refractivity contribution in [2.24, 2.45) is 0 Å². The van der Waals surface area contributed by atoms with Gasteiger partial charge in [-0.15, -0.1) is 0 Å². The zero-order valence-electron chi connectivity index (χ0n) is 11.0. The van der Waals surface area contributed by atoms with Gasteiger partial charge in [-0.25, -0.2) is 9.18 Å². The van der Waals surface area contributed by atoms with Gasteiger partial charge in [0.15, 0.2) is 0 Å². The van der Waals surface area contributed by atoms with Crippen molar-refractivity contribution in [1.82, 2.24) is 15.5 Å². The summed E-state index contributed by atoms with van der Waals surface area (Å²) in [5.74, 6) is -0.494. The first kappa shape index (κ1) is 14.8. The molecule has 5 nitrogen and oxygen atoms in total. The molecule has 2 rings (SSSR count). The van der Waals surface area contributed by atoms with Crippen molar-refractivity contribution in [3.63, 3.8) is 0 Å². The van der Waals surface area contributed by atoms with Gasteiger partial charge in [-0.3, -0.25) is 4.79 Å². The Bertz CT molecular complexity index is 538. The van der Waals surface area contributed by atoms with Gasteiger partial charge in [-0.05, 0) is 18.6 Å². The number of carbonyl (C=O) groups excluding carboxylic acids is 2. The fourth-order valence-electron chi connectivity index (χ4n) is 2.01. The number of likely N-dealkylation sites (N-methyl/N-ethyl adjacent to an activating group) is 1. The molecule has 7 heteroatoms. The Morgan fingerprint density at radius 1 is 1.55 bits per heavy atom. The summed E-state index contributed by atoms with van der Waals surface area (Å²) in [5.41, 5.74) is 0.387. The van der Waals surface area contributed by atoms with Crippen LogP contribution in [0, 0.1) is 5.82 Å². The molecule has 0 aromatic heterocycles. The number of carbonyl (C=O) groups is 2. The molecular formula is C13H15BrFN3O2. The summed E-state index contributed by atoms with van der Waals surface area (Å²) < 4.78 is 14.2. The lowest BCUT2D eigenvalue weighted by Gasteiger charge is -2.13. The molecule has 0 saturated carbocycles. The van der Waals surface area contributed by atoms with Crippen molar-refractivity contribution >= 4 is 27.9 Å². The molecule has 20 heavy (non-hydrogen) atoms. The van der Waals surface area contributed by atoms with Crippen molar-refractivity contribution in [2.45, 2.75) is 19.0 Å². The van der Waals surface area contributed by atoms with Crippen molar-refractivity contribution in [2.75, 3.05) is 13.6 Å². The fraction of sp³-hybridized carbons (Fsp3) is 0.385. The SMILES string of the molecule is CN1CC[C@@H](NC(=O)NCc2ccc(Br)cc2F)C1=O. The van der Waals surface area contributed by atoms with Gasteiger partial charge in [-0.2, -0.15) is 0 Å². The molecule has 1 aliphatic heterocycles. The molecule has 1 atom stereocenters. The number of nitrogens with zero attached hydrogens (tertiary/aromatic N) is 1. The standard InChI is InChI=1S/C13H15BrFN3O2/c1-18-5-4-11(12(18)19)17-13(20)16-7-8-2-3-9(14)6-10(8)15/h2-3,6,11H,4-5,7H2,1H3,(H2,16,17,20)/t11-/m1/s1. The van der Waals surface area contributed by atoms with E-state index in [0.29, 0.717) is 23.0 Å². The van der Waals surface area contributed by atoms with Crippen LogP contribution < -0.4 is 10.6 Å². The van der Waals surface area contributed by atoms with E-state index in [1.54, 1.807) is 24.1 Å². The van der Waals surface area contributed by atoms with Crippen LogP contribution in [0.2, 0.25) is 0 Å². The third-order valence-electron chi connectivity index (χ3n) is 3.19. The predicted octanol–water partition coefficient (Wildman–Crippen LogP) is 1.62. The second-order valence-corrected chi connectivity index (χ2v) is 5.58. The molecule has 0 radical (unpaired) electrons. The molecule has 0 aliphatic carbocycles. The summed E-state index contributed by atoms with van der Waals surface area (Å²) in [5, 5.41) is 5.13. The number of amides is 3. The number of rotatable bonds is 3. The lowest BCUT2D eigenvalue weighted by Crippen LogP contribution is -2.45. The third kappa shape index (κ3) is 3.47. The van der Waals surface area contributed by atoms with E-state index < -0.39 is 17.9 Å². The van der Waals surface area contributed by atoms with Gasteiger partial charge >= 0.3 is 6.03 Å². The van der Waals surface area contributed by atoms with Crippen LogP contribution in [0.25, 0.3) is 0 Å². The zero-order chi connectivity index (χ0) is 14.7. The summed E-state index contributed by atoms with van der Waals surface area (Å²) in [6.45, 7) is 0.701. The zero-order valence-corrected chi connectivity index (χ0v) is 12.5. The van der Waals surface area contributed by atoms with Gasteiger partial charge in [0.25, 0.3) is 0 Å². The summed E-state index contributed by atoms with van der Waals surface area (Å²) in [6, 6.07) is 3.67. The molecule has 2 N–H and O–H groups in total. The average molecular weight is 344 g/mol. The Morgan fingerprint density at radius 3 is 2.90 bits per heavy atom. The molecule has 1 aromatic rings. The van der Waals surface area contributed by atoms with Gasteiger partial charge in [0.1, 0.15) is 11.9 Å². The highest BCUT2D eigenvalue weighted by Gasteiger charge is 2.30. The van der Waals surface area contributed by atoms with Crippen molar-refractivity contribution in [1.29, 1.82) is 0 Å². The van der Waals surface area contributed by atoms with Crippen LogP contribution in [0.1, 0.15) is 12.0 Å². The number of halogens is 2. The molecule has 0 unspecified atom stereocenters. The number of likely N-dealkylation sites (tertiary alicyclic amines) is 1. The number of hydrogen-bond acceptors (Lipinski definition) is 2. The molecule has 1 heterocycles. The van der Waals surface area contributed by atoms with Gasteiger partial charge in [0.2, 0.25) is 5.91 Å². The van der Waals surface area contributed by atoms with Crippen LogP contribution in [0.5, 0.6) is 0 Å². The Kier molecular flexibility index (Phi) is 4.59. The molecule has 3 amide bonds. The van der Waals surface area contributed by atoms with E-state index in [1.165, 1.54) is 6.07 Å². The average Bonchev–Trinajstić information content (AvgIpc) is 2.70. The molecule has 1 aliphatic rings. The number of nitrogens with one attached hydrogen (secondary N) is 2. The molecule has 1 saturated heterocycles. The van der Waals surface area contributed by atoms with Crippen LogP contribution in [-0.4, -0.2) is 36.5 Å². The summed E-state index contributed by atoms with van der Waals surface area (Å²) >= 11 is 3.17. The van der Waals surface area contributed by atoms with E-state index in [-0.39, 0.29) is 12.5 Å². The molecule has 0 bridgehead atoms. The van der Waals surface area contributed by atoms with Gasteiger partial charge < -0.3 is 15.5 Å². The van der Waals surface area contributed by atoms with Crippen molar-refractivity contribution in [3.8, 4) is 0 Å². The van der Waals surface area contributed by atoms with E-state index >= 15 is 0 Å². The highest BCUT2D eigenvalue weighted by atomic mass is 79.9. The van der Waals surface area contributed by atoms with E-state index in [1.807, 2.05) is 0 Å². The minimum Gasteiger partial charge on any atom is -0.344 e. The van der Waals surface area contributed by atoms with Gasteiger partial charge in [0, 0.05) is 30.2 Å². The smallest absolute Gasteiger partial charge is 0.315 e. The lowest BCUT2D eigenvalue weighted by molar-refractivity contribution is -0.128. The third-order valence-corrected chi connectivity index (χ3v) is 3.68. The Morgan fingerprint density at radius 2 is 2.30 bits per heavy atom. The van der Waals surface area contributed by atoms with E-state index in [4.69, 9.17) is 0 Å². The maximum atomic E-state index is 13.6. The maximum absolute atomic E-state index is 13.6. The van der Waals surface area contributed by atoms with E-state index in [0.717, 1.165) is 0 Å². The first-order chi connectivity index (χ1) is 9.47. The topological polar surface area (TPSA) is 61.4 Å². The van der Waals surface area contributed by atoms with Gasteiger partial charge in [0.05, 0.1) is 0 Å². The van der Waals surface area contributed by atoms with Crippen molar-refractivity contribution in [3.05, 3.63) is 34.1 Å². The summed E-state index contributed by atoms with van der Waals surface area (Å²) in [7, 11) is 1.69. The minimum atomic E-state index is -0.491.